The Labute approximate surface area is 162 Å². The number of carbonyl (C=O) groups excluding carboxylic acids is 1. The number of halogens is 2. The number of alkyl halides is 1. The first-order valence-corrected chi connectivity index (χ1v) is 10.5. The molecule has 27 heavy (non-hydrogen) atoms. The summed E-state index contributed by atoms with van der Waals surface area (Å²) in [6.45, 7) is 2.14. The number of benzene rings is 1. The molecule has 7 heteroatoms. The molecule has 0 aliphatic carbocycles. The number of fused-ring (bicyclic) bond motifs is 1. The van der Waals surface area contributed by atoms with Crippen LogP contribution in [0.1, 0.15) is 73.7 Å². The smallest absolute Gasteiger partial charge is 0.235 e. The van der Waals surface area contributed by atoms with Crippen molar-refractivity contribution in [3.63, 3.8) is 0 Å². The van der Waals surface area contributed by atoms with Crippen molar-refractivity contribution in [2.75, 3.05) is 11.1 Å². The van der Waals surface area contributed by atoms with Gasteiger partial charge in [0.15, 0.2) is 0 Å². The zero-order valence-corrected chi connectivity index (χ0v) is 16.2. The molecule has 0 saturated carbocycles. The molecule has 2 heterocycles. The zero-order chi connectivity index (χ0) is 19.2. The topological polar surface area (TPSA) is 57.8 Å². The van der Waals surface area contributed by atoms with Gasteiger partial charge in [0.25, 0.3) is 0 Å². The highest BCUT2D eigenvalue weighted by atomic mass is 32.2. The highest BCUT2D eigenvalue weighted by Crippen LogP contribution is 2.45. The van der Waals surface area contributed by atoms with E-state index in [0.717, 1.165) is 32.1 Å². The number of amides is 1. The molecule has 1 aliphatic heterocycles. The van der Waals surface area contributed by atoms with Crippen molar-refractivity contribution in [2.24, 2.45) is 0 Å². The van der Waals surface area contributed by atoms with Crippen molar-refractivity contribution in [2.45, 2.75) is 56.9 Å². The molecular formula is C20H25F2N3OS. The summed E-state index contributed by atoms with van der Waals surface area (Å²) in [5.41, 5.74) is 1.28. The largest absolute Gasteiger partial charge is 0.310 e. The summed E-state index contributed by atoms with van der Waals surface area (Å²) in [6, 6.07) is 6.44. The van der Waals surface area contributed by atoms with Gasteiger partial charge in [-0.1, -0.05) is 57.2 Å². The van der Waals surface area contributed by atoms with Gasteiger partial charge >= 0.3 is 0 Å². The van der Waals surface area contributed by atoms with Gasteiger partial charge in [-0.2, -0.15) is 5.10 Å². The van der Waals surface area contributed by atoms with Gasteiger partial charge in [-0.05, 0) is 12.5 Å². The van der Waals surface area contributed by atoms with Crippen molar-refractivity contribution in [3.05, 3.63) is 46.9 Å². The Morgan fingerprint density at radius 3 is 2.81 bits per heavy atom. The third-order valence-corrected chi connectivity index (χ3v) is 6.04. The summed E-state index contributed by atoms with van der Waals surface area (Å²) in [7, 11) is 0. The predicted molar refractivity (Wildman–Crippen MR) is 105 cm³/mol. The van der Waals surface area contributed by atoms with E-state index in [1.54, 1.807) is 18.2 Å². The van der Waals surface area contributed by atoms with E-state index in [2.05, 4.69) is 22.4 Å². The Morgan fingerprint density at radius 1 is 1.26 bits per heavy atom. The van der Waals surface area contributed by atoms with E-state index in [1.165, 1.54) is 17.8 Å². The number of aromatic amines is 1. The van der Waals surface area contributed by atoms with E-state index in [-0.39, 0.29) is 23.2 Å². The van der Waals surface area contributed by atoms with Gasteiger partial charge in [-0.15, -0.1) is 11.8 Å². The first-order valence-electron chi connectivity index (χ1n) is 9.50. The van der Waals surface area contributed by atoms with E-state index in [0.29, 0.717) is 23.4 Å². The minimum atomic E-state index is -1.24. The van der Waals surface area contributed by atoms with Gasteiger partial charge in [0, 0.05) is 11.1 Å². The summed E-state index contributed by atoms with van der Waals surface area (Å²) in [5, 5.41) is 9.15. The van der Waals surface area contributed by atoms with E-state index in [9.17, 15) is 13.6 Å². The van der Waals surface area contributed by atoms with Gasteiger partial charge in [0.2, 0.25) is 5.91 Å². The quantitative estimate of drug-likeness (QED) is 0.566. The third kappa shape index (κ3) is 4.69. The number of nitrogens with one attached hydrogen (secondary N) is 2. The maximum atomic E-state index is 15.0. The number of anilines is 1. The normalized spacial score (nSPS) is 17.9. The first-order chi connectivity index (χ1) is 13.1. The number of carbonyl (C=O) groups is 1. The number of rotatable bonds is 8. The number of hydrogen-bond donors (Lipinski definition) is 2. The molecule has 1 aromatic heterocycles. The number of hydrogen-bond acceptors (Lipinski definition) is 3. The molecule has 3 rings (SSSR count). The molecular weight excluding hydrogens is 368 g/mol. The van der Waals surface area contributed by atoms with E-state index < -0.39 is 11.4 Å². The van der Waals surface area contributed by atoms with E-state index >= 15 is 0 Å². The Kier molecular flexibility index (Phi) is 6.88. The highest BCUT2D eigenvalue weighted by Gasteiger charge is 2.33. The number of H-pyrrole nitrogens is 1. The molecule has 2 atom stereocenters. The van der Waals surface area contributed by atoms with Gasteiger partial charge < -0.3 is 5.32 Å². The molecule has 0 bridgehead atoms. The van der Waals surface area contributed by atoms with Crippen molar-refractivity contribution in [3.8, 4) is 0 Å². The second-order valence-electron chi connectivity index (χ2n) is 6.83. The predicted octanol–water partition coefficient (Wildman–Crippen LogP) is 5.69. The molecule has 1 aliphatic rings. The van der Waals surface area contributed by atoms with Crippen LogP contribution in [-0.2, 0) is 4.79 Å². The van der Waals surface area contributed by atoms with E-state index in [1.807, 2.05) is 0 Å². The Hall–Kier alpha value is -1.89. The molecule has 2 N–H and O–H groups in total. The van der Waals surface area contributed by atoms with Crippen LogP contribution >= 0.6 is 11.8 Å². The lowest BCUT2D eigenvalue weighted by molar-refractivity contribution is -0.113. The van der Waals surface area contributed by atoms with Crippen LogP contribution in [0, 0.1) is 5.82 Å². The maximum absolute atomic E-state index is 15.0. The molecule has 0 radical (unpaired) electrons. The van der Waals surface area contributed by atoms with Crippen LogP contribution in [0.4, 0.5) is 14.6 Å². The highest BCUT2D eigenvalue weighted by molar-refractivity contribution is 8.00. The van der Waals surface area contributed by atoms with Crippen LogP contribution in [0.25, 0.3) is 0 Å². The van der Waals surface area contributed by atoms with Crippen LogP contribution < -0.4 is 5.32 Å². The molecule has 2 aromatic rings. The standard InChI is InChI=1S/C20H25F2N3OS/c1-2-3-4-5-6-11-15(22)18-17-19(13-9-7-8-10-14(13)21)27-12-16(26)23-20(17)25-24-18/h7-10,15,19H,2-6,11-12H2,1H3,(H2,23,24,25,26). The summed E-state index contributed by atoms with van der Waals surface area (Å²) >= 11 is 1.29. The molecule has 0 spiro atoms. The van der Waals surface area contributed by atoms with E-state index in [4.69, 9.17) is 0 Å². The van der Waals surface area contributed by atoms with Gasteiger partial charge in [-0.3, -0.25) is 9.89 Å². The van der Waals surface area contributed by atoms with Crippen molar-refractivity contribution < 1.29 is 13.6 Å². The molecule has 0 saturated heterocycles. The Bertz CT molecular complexity index is 780. The third-order valence-electron chi connectivity index (χ3n) is 4.79. The molecule has 2 unspecified atom stereocenters. The Morgan fingerprint density at radius 2 is 2.04 bits per heavy atom. The molecule has 146 valence electrons. The number of unbranched alkanes of at least 4 members (excludes halogenated alkanes) is 4. The van der Waals surface area contributed by atoms with Crippen LogP contribution in [0.5, 0.6) is 0 Å². The minimum Gasteiger partial charge on any atom is -0.310 e. The van der Waals surface area contributed by atoms with Crippen LogP contribution in [0.3, 0.4) is 0 Å². The second-order valence-corrected chi connectivity index (χ2v) is 7.92. The fourth-order valence-corrected chi connectivity index (χ4v) is 4.54. The average Bonchev–Trinajstić information content (AvgIpc) is 2.99. The lowest BCUT2D eigenvalue weighted by Crippen LogP contribution is -2.12. The first kappa shape index (κ1) is 19.9. The van der Waals surface area contributed by atoms with Crippen molar-refractivity contribution >= 4 is 23.5 Å². The lowest BCUT2D eigenvalue weighted by Gasteiger charge is -2.18. The molecule has 1 aromatic carbocycles. The van der Waals surface area contributed by atoms with Crippen molar-refractivity contribution in [1.29, 1.82) is 0 Å². The fourth-order valence-electron chi connectivity index (χ4n) is 3.38. The second kappa shape index (κ2) is 9.35. The van der Waals surface area contributed by atoms with Crippen molar-refractivity contribution in [1.82, 2.24) is 10.2 Å². The molecule has 4 nitrogen and oxygen atoms in total. The Balaban J connectivity index is 1.86. The van der Waals surface area contributed by atoms with Crippen LogP contribution in [-0.4, -0.2) is 21.9 Å². The van der Waals surface area contributed by atoms with Gasteiger partial charge in [0.05, 0.1) is 11.0 Å². The van der Waals surface area contributed by atoms with Crippen LogP contribution in [0.15, 0.2) is 24.3 Å². The lowest BCUT2D eigenvalue weighted by atomic mass is 9.99. The number of thioether (sulfide) groups is 1. The SMILES string of the molecule is CCCCCCCC(F)c1n[nH]c2c1C(c1ccccc1F)SCC(=O)N2. The monoisotopic (exact) mass is 393 g/mol. The summed E-state index contributed by atoms with van der Waals surface area (Å²) in [5.74, 6) is -0.0147. The minimum absolute atomic E-state index is 0.176. The summed E-state index contributed by atoms with van der Waals surface area (Å²) in [4.78, 5) is 12.0. The summed E-state index contributed by atoms with van der Waals surface area (Å²) in [6.07, 6.45) is 4.32. The zero-order valence-electron chi connectivity index (χ0n) is 15.4. The van der Waals surface area contributed by atoms with Gasteiger partial charge in [0.1, 0.15) is 23.5 Å². The number of aromatic nitrogens is 2. The maximum Gasteiger partial charge on any atom is 0.235 e. The fraction of sp³-hybridized carbons (Fsp3) is 0.500. The van der Waals surface area contributed by atoms with Crippen LogP contribution in [0.2, 0.25) is 0 Å². The number of nitrogens with zero attached hydrogens (tertiary/aromatic N) is 1. The summed E-state index contributed by atoms with van der Waals surface area (Å²) < 4.78 is 29.4. The average molecular weight is 394 g/mol. The van der Waals surface area contributed by atoms with Gasteiger partial charge in [-0.25, -0.2) is 8.78 Å². The molecule has 1 amide bonds. The molecule has 0 fully saturated rings.